The fourth-order valence-electron chi connectivity index (χ4n) is 0.623. The summed E-state index contributed by atoms with van der Waals surface area (Å²) in [4.78, 5) is 10.4. The van der Waals surface area contributed by atoms with E-state index in [4.69, 9.17) is 0 Å². The highest BCUT2D eigenvalue weighted by molar-refractivity contribution is 5.85. The summed E-state index contributed by atoms with van der Waals surface area (Å²) in [6.07, 6.45) is -16.1. The summed E-state index contributed by atoms with van der Waals surface area (Å²) in [5, 5.41) is 0. The zero-order valence-electron chi connectivity index (χ0n) is 9.19. The number of halogens is 7. The standard InChI is InChI=1S/C8H7F7O4/c1-4(9)5(16)18-3-6(10,11)19-8(14,15)7(12,13)17-2/h1,3H2,2H3. The van der Waals surface area contributed by atoms with Crippen LogP contribution in [-0.2, 0) is 19.0 Å². The lowest BCUT2D eigenvalue weighted by Crippen LogP contribution is -2.49. The van der Waals surface area contributed by atoms with E-state index in [0.717, 1.165) is 0 Å². The van der Waals surface area contributed by atoms with Gasteiger partial charge in [0.05, 0.1) is 0 Å². The molecule has 0 aliphatic heterocycles. The van der Waals surface area contributed by atoms with Gasteiger partial charge in [0.15, 0.2) is 6.61 Å². The van der Waals surface area contributed by atoms with Crippen LogP contribution in [0.4, 0.5) is 30.7 Å². The summed E-state index contributed by atoms with van der Waals surface area (Å²) in [7, 11) is 0.128. The molecule has 0 bridgehead atoms. The minimum atomic E-state index is -5.70. The quantitative estimate of drug-likeness (QED) is 0.411. The molecule has 0 aromatic carbocycles. The zero-order chi connectivity index (χ0) is 15.5. The minimum absolute atomic E-state index is 0.128. The molecule has 19 heavy (non-hydrogen) atoms. The first-order valence-electron chi connectivity index (χ1n) is 4.25. The maximum absolute atomic E-state index is 12.7. The predicted molar refractivity (Wildman–Crippen MR) is 44.1 cm³/mol. The number of carbonyl (C=O) groups excluding carboxylic acids is 1. The van der Waals surface area contributed by atoms with E-state index in [0.29, 0.717) is 0 Å². The third kappa shape index (κ3) is 5.03. The smallest absolute Gasteiger partial charge is 0.451 e. The van der Waals surface area contributed by atoms with E-state index in [1.807, 2.05) is 0 Å². The van der Waals surface area contributed by atoms with Crippen LogP contribution in [0.1, 0.15) is 0 Å². The average Bonchev–Trinajstić information content (AvgIpc) is 2.24. The van der Waals surface area contributed by atoms with E-state index in [9.17, 15) is 35.5 Å². The van der Waals surface area contributed by atoms with Gasteiger partial charge in [-0.3, -0.25) is 0 Å². The van der Waals surface area contributed by atoms with Gasteiger partial charge in [0, 0.05) is 7.11 Å². The molecule has 0 N–H and O–H groups in total. The molecule has 0 fully saturated rings. The summed E-state index contributed by atoms with van der Waals surface area (Å²) in [5.41, 5.74) is 0. The Labute approximate surface area is 101 Å². The van der Waals surface area contributed by atoms with Crippen molar-refractivity contribution in [1.82, 2.24) is 0 Å². The van der Waals surface area contributed by atoms with Gasteiger partial charge >= 0.3 is 24.3 Å². The molecule has 112 valence electrons. The predicted octanol–water partition coefficient (Wildman–Crippen LogP) is 2.45. The minimum Gasteiger partial charge on any atom is -0.451 e. The first kappa shape index (κ1) is 17.6. The van der Waals surface area contributed by atoms with Gasteiger partial charge in [-0.2, -0.15) is 30.7 Å². The van der Waals surface area contributed by atoms with Crippen molar-refractivity contribution in [2.45, 2.75) is 18.3 Å². The SMILES string of the molecule is C=C(F)C(=O)OCC(F)(F)OC(F)(F)C(F)(F)OC. The van der Waals surface area contributed by atoms with Gasteiger partial charge in [0.25, 0.3) is 0 Å². The van der Waals surface area contributed by atoms with Gasteiger partial charge in [-0.15, -0.1) is 0 Å². The molecule has 0 aromatic heterocycles. The molecule has 0 aliphatic carbocycles. The topological polar surface area (TPSA) is 44.8 Å². The molecule has 0 radical (unpaired) electrons. The number of carbonyl (C=O) groups is 1. The van der Waals surface area contributed by atoms with Crippen LogP contribution < -0.4 is 0 Å². The molecule has 0 heterocycles. The normalized spacial score (nSPS) is 13.3. The van der Waals surface area contributed by atoms with Gasteiger partial charge < -0.3 is 9.47 Å². The Morgan fingerprint density at radius 1 is 1.11 bits per heavy atom. The van der Waals surface area contributed by atoms with Crippen LogP contribution in [-0.4, -0.2) is 38.0 Å². The number of ether oxygens (including phenoxy) is 3. The van der Waals surface area contributed by atoms with Crippen LogP contribution in [0.5, 0.6) is 0 Å². The molecule has 11 heteroatoms. The summed E-state index contributed by atoms with van der Waals surface area (Å²) < 4.78 is 96.3. The molecule has 0 aromatic rings. The molecule has 0 aliphatic rings. The molecule has 0 saturated carbocycles. The third-order valence-electron chi connectivity index (χ3n) is 1.47. The molecular weight excluding hydrogens is 293 g/mol. The fourth-order valence-corrected chi connectivity index (χ4v) is 0.623. The second-order valence-corrected chi connectivity index (χ2v) is 2.96. The van der Waals surface area contributed by atoms with Crippen molar-refractivity contribution in [3.63, 3.8) is 0 Å². The summed E-state index contributed by atoms with van der Waals surface area (Å²) in [6, 6.07) is 0. The lowest BCUT2D eigenvalue weighted by molar-refractivity contribution is -0.479. The van der Waals surface area contributed by atoms with Crippen molar-refractivity contribution in [1.29, 1.82) is 0 Å². The Morgan fingerprint density at radius 3 is 1.95 bits per heavy atom. The van der Waals surface area contributed by atoms with Crippen molar-refractivity contribution >= 4 is 5.97 Å². The molecule has 0 unspecified atom stereocenters. The Bertz CT molecular complexity index is 355. The zero-order valence-corrected chi connectivity index (χ0v) is 9.19. The average molecular weight is 300 g/mol. The highest BCUT2D eigenvalue weighted by atomic mass is 19.3. The van der Waals surface area contributed by atoms with Crippen molar-refractivity contribution in [2.75, 3.05) is 13.7 Å². The molecule has 0 amide bonds. The van der Waals surface area contributed by atoms with E-state index in [-0.39, 0.29) is 7.11 Å². The third-order valence-corrected chi connectivity index (χ3v) is 1.47. The van der Waals surface area contributed by atoms with E-state index in [1.54, 1.807) is 0 Å². The van der Waals surface area contributed by atoms with Gasteiger partial charge in [-0.05, 0) is 0 Å². The maximum Gasteiger partial charge on any atom is 0.452 e. The van der Waals surface area contributed by atoms with E-state index >= 15 is 0 Å². The van der Waals surface area contributed by atoms with Crippen LogP contribution in [0, 0.1) is 0 Å². The molecule has 0 atom stereocenters. The van der Waals surface area contributed by atoms with Gasteiger partial charge in [-0.1, -0.05) is 6.58 Å². The Kier molecular flexibility index (Phi) is 5.32. The summed E-state index contributed by atoms with van der Waals surface area (Å²) >= 11 is 0. The second kappa shape index (κ2) is 5.74. The fraction of sp³-hybridized carbons (Fsp3) is 0.625. The van der Waals surface area contributed by atoms with Crippen LogP contribution in [0.2, 0.25) is 0 Å². The van der Waals surface area contributed by atoms with E-state index in [2.05, 4.69) is 20.8 Å². The number of rotatable bonds is 7. The Balaban J connectivity index is 4.68. The molecule has 4 nitrogen and oxygen atoms in total. The van der Waals surface area contributed by atoms with Crippen LogP contribution in [0.15, 0.2) is 12.4 Å². The van der Waals surface area contributed by atoms with Crippen LogP contribution in [0.3, 0.4) is 0 Å². The second-order valence-electron chi connectivity index (χ2n) is 2.96. The largest absolute Gasteiger partial charge is 0.452 e. The van der Waals surface area contributed by atoms with E-state index < -0.39 is 36.7 Å². The van der Waals surface area contributed by atoms with Crippen LogP contribution in [0.25, 0.3) is 0 Å². The van der Waals surface area contributed by atoms with Gasteiger partial charge in [0.2, 0.25) is 5.83 Å². The maximum atomic E-state index is 12.7. The van der Waals surface area contributed by atoms with Crippen molar-refractivity contribution in [3.05, 3.63) is 12.4 Å². The number of alkyl halides is 6. The van der Waals surface area contributed by atoms with Crippen molar-refractivity contribution < 1.29 is 49.7 Å². The van der Waals surface area contributed by atoms with Gasteiger partial charge in [-0.25, -0.2) is 9.53 Å². The monoisotopic (exact) mass is 300 g/mol. The molecule has 0 saturated heterocycles. The molecular formula is C8H7F7O4. The highest BCUT2D eigenvalue weighted by Gasteiger charge is 2.63. The lowest BCUT2D eigenvalue weighted by atomic mass is 10.5. The number of hydrogen-bond acceptors (Lipinski definition) is 4. The Hall–Kier alpha value is -1.36. The summed E-state index contributed by atoms with van der Waals surface area (Å²) in [5.74, 6) is -3.77. The van der Waals surface area contributed by atoms with Gasteiger partial charge in [0.1, 0.15) is 0 Å². The number of methoxy groups -OCH3 is 1. The van der Waals surface area contributed by atoms with Crippen LogP contribution >= 0.6 is 0 Å². The summed E-state index contributed by atoms with van der Waals surface area (Å²) in [6.45, 7) is 0.150. The lowest BCUT2D eigenvalue weighted by Gasteiger charge is -2.27. The van der Waals surface area contributed by atoms with Crippen molar-refractivity contribution in [2.24, 2.45) is 0 Å². The number of hydrogen-bond donors (Lipinski definition) is 0. The molecule has 0 spiro atoms. The number of esters is 1. The van der Waals surface area contributed by atoms with Crippen molar-refractivity contribution in [3.8, 4) is 0 Å². The highest BCUT2D eigenvalue weighted by Crippen LogP contribution is 2.39. The van der Waals surface area contributed by atoms with E-state index in [1.165, 1.54) is 0 Å². The Morgan fingerprint density at radius 2 is 1.58 bits per heavy atom. The first-order chi connectivity index (χ1) is 8.34. The first-order valence-corrected chi connectivity index (χ1v) is 4.25. The molecule has 0 rings (SSSR count).